The van der Waals surface area contributed by atoms with Crippen molar-refractivity contribution in [3.05, 3.63) is 0 Å². The van der Waals surface area contributed by atoms with Crippen LogP contribution in [0.1, 0.15) is 0 Å². The van der Waals surface area contributed by atoms with Gasteiger partial charge in [0.1, 0.15) is 0 Å². The zero-order chi connectivity index (χ0) is 0. The van der Waals surface area contributed by atoms with Crippen molar-refractivity contribution < 1.29 is 78.7 Å². The summed E-state index contributed by atoms with van der Waals surface area (Å²) < 4.78 is 0. The first kappa shape index (κ1) is 49.5. The topological polar surface area (TPSA) is 0 Å². The van der Waals surface area contributed by atoms with Crippen LogP contribution in [-0.2, 0) is 78.7 Å². The van der Waals surface area contributed by atoms with Crippen LogP contribution in [0.4, 0.5) is 0 Å². The Hall–Kier alpha value is 4.14. The van der Waals surface area contributed by atoms with Crippen LogP contribution in [0.2, 0.25) is 0 Å². The normalized spacial score (nSPS) is 0. The van der Waals surface area contributed by atoms with E-state index in [1.54, 1.807) is 0 Å². The van der Waals surface area contributed by atoms with Crippen LogP contribution in [0.25, 0.3) is 0 Å². The molecule has 0 amide bonds. The monoisotopic (exact) mass is 780 g/mol. The predicted octanol–water partition coefficient (Wildman–Crippen LogP) is -1.84. The molecule has 44 valence electrons. The molecule has 6 radical (unpaired) electrons. The molecule has 0 fully saturated rings. The summed E-state index contributed by atoms with van der Waals surface area (Å²) in [4.78, 5) is 0. The van der Waals surface area contributed by atoms with Crippen molar-refractivity contribution in [3.8, 4) is 0 Å². The predicted molar refractivity (Wildman–Crippen MR) is 17.1 cm³/mol. The van der Waals surface area contributed by atoms with Crippen molar-refractivity contribution in [2.45, 2.75) is 0 Å². The Labute approximate surface area is 124 Å². The minimum Gasteiger partial charge on any atom is 0 e. The molecule has 0 saturated carbocycles. The molecular weight excluding hydrogens is 774 g/mol. The Morgan fingerprint density at radius 2 is 1.00 bits per heavy atom. The first-order valence-electron chi connectivity index (χ1n) is 0. The van der Waals surface area contributed by atoms with Crippen LogP contribution in [0.5, 0.6) is 0 Å². The van der Waals surface area contributed by atoms with E-state index in [2.05, 4.69) is 0 Å². The minimum atomic E-state index is 0. The van der Waals surface area contributed by atoms with Crippen molar-refractivity contribution >= 4 is 48.3 Å². The van der Waals surface area contributed by atoms with Crippen LogP contribution in [0.15, 0.2) is 0 Å². The van der Waals surface area contributed by atoms with Crippen LogP contribution in [0.3, 0.4) is 0 Å². The van der Waals surface area contributed by atoms with Crippen LogP contribution >= 0.6 is 0 Å². The van der Waals surface area contributed by atoms with Gasteiger partial charge in [0.2, 0.25) is 0 Å². The third-order valence-corrected chi connectivity index (χ3v) is 0. The molecule has 0 bridgehead atoms. The second-order valence-corrected chi connectivity index (χ2v) is 0. The molecule has 0 aromatic rings. The Morgan fingerprint density at radius 1 is 1.00 bits per heavy atom. The SMILES string of the molecule is [Co].[Ir].[Ru].[SbH2].[SnH2].[Ta]. The van der Waals surface area contributed by atoms with Gasteiger partial charge in [0, 0.05) is 78.7 Å². The maximum atomic E-state index is 0. The van der Waals surface area contributed by atoms with E-state index in [1.165, 1.54) is 0 Å². The summed E-state index contributed by atoms with van der Waals surface area (Å²) in [6, 6.07) is 0. The maximum absolute atomic E-state index is 0. The molecule has 0 heterocycles. The van der Waals surface area contributed by atoms with Gasteiger partial charge in [0.05, 0.1) is 0 Å². The van der Waals surface area contributed by atoms with E-state index in [4.69, 9.17) is 0 Å². The fourth-order valence-corrected chi connectivity index (χ4v) is 0. The van der Waals surface area contributed by atoms with Gasteiger partial charge < -0.3 is 0 Å². The van der Waals surface area contributed by atoms with Crippen molar-refractivity contribution in [2.75, 3.05) is 0 Å². The molecule has 0 aromatic heterocycles. The van der Waals surface area contributed by atoms with Crippen molar-refractivity contribution in [1.82, 2.24) is 0 Å². The zero-order valence-electron chi connectivity index (χ0n) is 2.75. The number of hydrogen-bond donors (Lipinski definition) is 0. The standard InChI is InChI=1S/Co.Ir.Ru.Sb.Sn.Ta.4H. The minimum absolute atomic E-state index is 0. The molecule has 0 aliphatic heterocycles. The maximum Gasteiger partial charge on any atom is 0 e. The Kier molecular flexibility index (Phi) is 291. The van der Waals surface area contributed by atoms with Gasteiger partial charge in [-0.1, -0.05) is 0 Å². The average molecular weight is 778 g/mol. The molecule has 6 heavy (non-hydrogen) atoms. The van der Waals surface area contributed by atoms with Crippen LogP contribution in [-0.4, -0.2) is 48.3 Å². The first-order valence-corrected chi connectivity index (χ1v) is 0. The molecule has 0 aliphatic carbocycles. The molecule has 0 aromatic carbocycles. The molecule has 0 unspecified atom stereocenters. The van der Waals surface area contributed by atoms with E-state index < -0.39 is 0 Å². The summed E-state index contributed by atoms with van der Waals surface area (Å²) in [7, 11) is 0. The Balaban J connectivity index is 0. The third kappa shape index (κ3) is 24.2. The van der Waals surface area contributed by atoms with Gasteiger partial charge in [-0.05, 0) is 0 Å². The zero-order valence-corrected chi connectivity index (χ0v) is 18.5. The summed E-state index contributed by atoms with van der Waals surface area (Å²) in [5, 5.41) is 0. The van der Waals surface area contributed by atoms with Gasteiger partial charge in [0.25, 0.3) is 0 Å². The van der Waals surface area contributed by atoms with Gasteiger partial charge in [-0.15, -0.1) is 0 Å². The Morgan fingerprint density at radius 3 is 1.00 bits per heavy atom. The van der Waals surface area contributed by atoms with E-state index in [-0.39, 0.29) is 127 Å². The first-order chi connectivity index (χ1) is 0. The van der Waals surface area contributed by atoms with E-state index in [0.29, 0.717) is 0 Å². The van der Waals surface area contributed by atoms with E-state index in [9.17, 15) is 0 Å². The molecule has 0 nitrogen and oxygen atoms in total. The molecule has 0 saturated heterocycles. The fourth-order valence-electron chi connectivity index (χ4n) is 0. The summed E-state index contributed by atoms with van der Waals surface area (Å²) in [5.41, 5.74) is 0. The van der Waals surface area contributed by atoms with E-state index in [0.717, 1.165) is 0 Å². The second-order valence-electron chi connectivity index (χ2n) is 0. The van der Waals surface area contributed by atoms with Gasteiger partial charge in [-0.3, -0.25) is 0 Å². The van der Waals surface area contributed by atoms with E-state index in [1.807, 2.05) is 0 Å². The smallest absolute Gasteiger partial charge is 0 e. The molecule has 0 rings (SSSR count). The van der Waals surface area contributed by atoms with Gasteiger partial charge in [-0.2, -0.15) is 0 Å². The van der Waals surface area contributed by atoms with Gasteiger partial charge >= 0.3 is 48.3 Å². The molecule has 0 aliphatic rings. The van der Waals surface area contributed by atoms with Gasteiger partial charge in [-0.25, -0.2) is 0 Å². The second kappa shape index (κ2) is 35.4. The van der Waals surface area contributed by atoms with Crippen LogP contribution in [0, 0.1) is 0 Å². The third-order valence-electron chi connectivity index (χ3n) is 0. The molecule has 0 spiro atoms. The van der Waals surface area contributed by atoms with Crippen molar-refractivity contribution in [2.24, 2.45) is 0 Å². The fraction of sp³-hybridized carbons (Fsp3) is 0. The molecule has 6 heteroatoms. The van der Waals surface area contributed by atoms with Gasteiger partial charge in [0.15, 0.2) is 0 Å². The summed E-state index contributed by atoms with van der Waals surface area (Å²) in [6.07, 6.45) is 0. The largest absolute Gasteiger partial charge is 0 e. The molecular formula is H4CoIrRuSbSnTa. The molecule has 0 N–H and O–H groups in total. The Bertz CT molecular complexity index is 15.5. The summed E-state index contributed by atoms with van der Waals surface area (Å²) in [5.74, 6) is 0. The quantitative estimate of drug-likeness (QED) is 0.254. The average Bonchev–Trinajstić information content (AvgIpc) is 0. The molecule has 0 atom stereocenters. The van der Waals surface area contributed by atoms with E-state index >= 15 is 0 Å². The number of hydrogen-bond acceptors (Lipinski definition) is 0. The summed E-state index contributed by atoms with van der Waals surface area (Å²) >= 11 is 0. The summed E-state index contributed by atoms with van der Waals surface area (Å²) in [6.45, 7) is 0. The van der Waals surface area contributed by atoms with Crippen molar-refractivity contribution in [3.63, 3.8) is 0 Å². The number of rotatable bonds is 0. The van der Waals surface area contributed by atoms with Crippen molar-refractivity contribution in [1.29, 1.82) is 0 Å². The van der Waals surface area contributed by atoms with Crippen LogP contribution < -0.4 is 0 Å².